The van der Waals surface area contributed by atoms with Crippen LogP contribution in [0.2, 0.25) is 4.34 Å². The maximum Gasteiger partial charge on any atom is 0.247 e. The number of rotatable bonds is 5. The number of thiophene rings is 1. The number of carbonyl (C=O) groups excluding carboxylic acids is 2. The molecule has 1 aromatic carbocycles. The van der Waals surface area contributed by atoms with Gasteiger partial charge in [-0.05, 0) is 48.4 Å². The highest BCUT2D eigenvalue weighted by atomic mass is 35.5. The van der Waals surface area contributed by atoms with Gasteiger partial charge in [-0.25, -0.2) is 0 Å². The first-order valence-corrected chi connectivity index (χ1v) is 11.2. The number of fused-ring (bicyclic) bond motifs is 1. The van der Waals surface area contributed by atoms with Gasteiger partial charge in [0.1, 0.15) is 11.8 Å². The molecule has 0 spiro atoms. The highest BCUT2D eigenvalue weighted by Crippen LogP contribution is 2.25. The minimum absolute atomic E-state index is 0.0568. The smallest absolute Gasteiger partial charge is 0.247 e. The zero-order valence-corrected chi connectivity index (χ0v) is 18.6. The molecule has 160 valence electrons. The monoisotopic (exact) mass is 455 g/mol. The minimum atomic E-state index is -0.486. The van der Waals surface area contributed by atoms with E-state index in [1.54, 1.807) is 34.2 Å². The van der Waals surface area contributed by atoms with E-state index < -0.39 is 6.04 Å². The van der Waals surface area contributed by atoms with E-state index in [2.05, 4.69) is 4.98 Å². The topological polar surface area (TPSA) is 73.7 Å². The Morgan fingerprint density at radius 3 is 2.87 bits per heavy atom. The molecule has 1 aliphatic rings. The van der Waals surface area contributed by atoms with Crippen molar-refractivity contribution in [1.82, 2.24) is 14.8 Å². The molecular weight excluding hydrogens is 434 g/mol. The molecular formula is C23H22ClN3O3S. The Labute approximate surface area is 189 Å². The van der Waals surface area contributed by atoms with E-state index in [9.17, 15) is 14.7 Å². The molecule has 1 fully saturated rings. The Morgan fingerprint density at radius 2 is 2.13 bits per heavy atom. The van der Waals surface area contributed by atoms with Crippen LogP contribution in [-0.2, 0) is 16.1 Å². The van der Waals surface area contributed by atoms with E-state index in [1.165, 1.54) is 17.4 Å². The van der Waals surface area contributed by atoms with Crippen molar-refractivity contribution in [1.29, 1.82) is 0 Å². The second-order valence-electron chi connectivity index (χ2n) is 7.37. The average molecular weight is 456 g/mol. The van der Waals surface area contributed by atoms with Crippen molar-refractivity contribution in [2.24, 2.45) is 0 Å². The van der Waals surface area contributed by atoms with E-state index in [-0.39, 0.29) is 17.6 Å². The van der Waals surface area contributed by atoms with Crippen molar-refractivity contribution in [3.63, 3.8) is 0 Å². The standard InChI is InChI=1S/C23H22ClN3O3S/c1-2-19-23(30)26(14-15-3-6-17-18(13-15)25-10-9-20(17)28)11-12-27(19)22(29)8-5-16-4-7-21(24)31-16/h3-10,13,19H,2,11-12,14H2,1H3,(H,25,28). The van der Waals surface area contributed by atoms with Crippen LogP contribution in [0.5, 0.6) is 5.75 Å². The molecule has 3 heterocycles. The van der Waals surface area contributed by atoms with E-state index >= 15 is 0 Å². The molecule has 6 nitrogen and oxygen atoms in total. The summed E-state index contributed by atoms with van der Waals surface area (Å²) in [6.45, 7) is 3.29. The fourth-order valence-corrected chi connectivity index (χ4v) is 4.78. The zero-order chi connectivity index (χ0) is 22.0. The predicted molar refractivity (Wildman–Crippen MR) is 123 cm³/mol. The van der Waals surface area contributed by atoms with Gasteiger partial charge in [-0.2, -0.15) is 0 Å². The Morgan fingerprint density at radius 1 is 1.29 bits per heavy atom. The lowest BCUT2D eigenvalue weighted by Gasteiger charge is -2.40. The van der Waals surface area contributed by atoms with Crippen molar-refractivity contribution >= 4 is 51.7 Å². The van der Waals surface area contributed by atoms with Gasteiger partial charge in [0.25, 0.3) is 0 Å². The molecule has 2 aromatic heterocycles. The Bertz CT molecular complexity index is 1160. The highest BCUT2D eigenvalue weighted by molar-refractivity contribution is 7.17. The number of benzene rings is 1. The number of piperazine rings is 1. The van der Waals surface area contributed by atoms with E-state index in [0.717, 1.165) is 10.4 Å². The molecule has 3 aromatic rings. The number of carbonyl (C=O) groups is 2. The number of hydrogen-bond donors (Lipinski definition) is 1. The lowest BCUT2D eigenvalue weighted by molar-refractivity contribution is -0.149. The van der Waals surface area contributed by atoms with Gasteiger partial charge in [0.2, 0.25) is 11.8 Å². The molecule has 1 aliphatic heterocycles. The summed E-state index contributed by atoms with van der Waals surface area (Å²) in [5, 5.41) is 10.6. The summed E-state index contributed by atoms with van der Waals surface area (Å²) in [5.74, 6) is -0.0444. The van der Waals surface area contributed by atoms with Gasteiger partial charge in [-0.1, -0.05) is 24.6 Å². The van der Waals surface area contributed by atoms with Crippen LogP contribution < -0.4 is 0 Å². The maximum absolute atomic E-state index is 13.1. The van der Waals surface area contributed by atoms with Gasteiger partial charge in [0.15, 0.2) is 0 Å². The van der Waals surface area contributed by atoms with Crippen LogP contribution in [0.25, 0.3) is 17.0 Å². The zero-order valence-electron chi connectivity index (χ0n) is 17.0. The second kappa shape index (κ2) is 9.08. The largest absolute Gasteiger partial charge is 0.507 e. The molecule has 1 saturated heterocycles. The summed E-state index contributed by atoms with van der Waals surface area (Å²) in [4.78, 5) is 34.5. The first-order chi connectivity index (χ1) is 15.0. The summed E-state index contributed by atoms with van der Waals surface area (Å²) < 4.78 is 0.668. The molecule has 1 unspecified atom stereocenters. The van der Waals surface area contributed by atoms with E-state index in [4.69, 9.17) is 11.6 Å². The van der Waals surface area contributed by atoms with Crippen LogP contribution in [0, 0.1) is 0 Å². The Balaban J connectivity index is 1.46. The van der Waals surface area contributed by atoms with E-state index in [0.29, 0.717) is 41.3 Å². The van der Waals surface area contributed by atoms with Crippen LogP contribution in [-0.4, -0.2) is 50.8 Å². The number of nitrogens with zero attached hydrogens (tertiary/aromatic N) is 3. The molecule has 0 bridgehead atoms. The van der Waals surface area contributed by atoms with Gasteiger partial charge in [-0.3, -0.25) is 14.6 Å². The van der Waals surface area contributed by atoms with Crippen molar-refractivity contribution < 1.29 is 14.7 Å². The van der Waals surface area contributed by atoms with Gasteiger partial charge in [-0.15, -0.1) is 11.3 Å². The summed E-state index contributed by atoms with van der Waals surface area (Å²) in [6.07, 6.45) is 5.35. The van der Waals surface area contributed by atoms with Gasteiger partial charge < -0.3 is 14.9 Å². The maximum atomic E-state index is 13.1. The van der Waals surface area contributed by atoms with Crippen molar-refractivity contribution in [3.05, 3.63) is 63.4 Å². The molecule has 0 radical (unpaired) electrons. The first kappa shape index (κ1) is 21.3. The average Bonchev–Trinajstić information content (AvgIpc) is 3.18. The normalized spacial score (nSPS) is 17.1. The summed E-state index contributed by atoms with van der Waals surface area (Å²) in [6, 6.07) is 10.3. The fraction of sp³-hybridized carbons (Fsp3) is 0.261. The summed E-state index contributed by atoms with van der Waals surface area (Å²) in [7, 11) is 0. The molecule has 31 heavy (non-hydrogen) atoms. The number of aromatic nitrogens is 1. The van der Waals surface area contributed by atoms with Crippen molar-refractivity contribution in [3.8, 4) is 5.75 Å². The number of aromatic hydroxyl groups is 1. The third kappa shape index (κ3) is 4.57. The summed E-state index contributed by atoms with van der Waals surface area (Å²) in [5.41, 5.74) is 1.62. The number of halogens is 1. The molecule has 0 aliphatic carbocycles. The molecule has 8 heteroatoms. The second-order valence-corrected chi connectivity index (χ2v) is 9.12. The van der Waals surface area contributed by atoms with Gasteiger partial charge >= 0.3 is 0 Å². The number of pyridine rings is 1. The molecule has 0 saturated carbocycles. The Kier molecular flexibility index (Phi) is 6.25. The molecule has 2 amide bonds. The summed E-state index contributed by atoms with van der Waals surface area (Å²) >= 11 is 7.33. The quantitative estimate of drug-likeness (QED) is 0.581. The molecule has 4 rings (SSSR count). The molecule has 1 N–H and O–H groups in total. The van der Waals surface area contributed by atoms with Crippen LogP contribution >= 0.6 is 22.9 Å². The Hall–Kier alpha value is -2.90. The third-order valence-corrected chi connectivity index (χ3v) is 6.59. The number of amides is 2. The lowest BCUT2D eigenvalue weighted by Crippen LogP contribution is -2.57. The fourth-order valence-electron chi connectivity index (χ4n) is 3.82. The third-order valence-electron chi connectivity index (χ3n) is 5.40. The van der Waals surface area contributed by atoms with Gasteiger partial charge in [0.05, 0.1) is 9.85 Å². The van der Waals surface area contributed by atoms with E-state index in [1.807, 2.05) is 31.2 Å². The van der Waals surface area contributed by atoms with Crippen LogP contribution in [0.1, 0.15) is 23.8 Å². The molecule has 1 atom stereocenters. The van der Waals surface area contributed by atoms with Crippen molar-refractivity contribution in [2.45, 2.75) is 25.9 Å². The lowest BCUT2D eigenvalue weighted by atomic mass is 10.1. The van der Waals surface area contributed by atoms with Crippen molar-refractivity contribution in [2.75, 3.05) is 13.1 Å². The SMILES string of the molecule is CCC1C(=O)N(Cc2ccc3c(O)ccnc3c2)CCN1C(=O)C=Cc1ccc(Cl)s1. The minimum Gasteiger partial charge on any atom is -0.507 e. The van der Waals surface area contributed by atoms with Crippen LogP contribution in [0.3, 0.4) is 0 Å². The first-order valence-electron chi connectivity index (χ1n) is 10.1. The highest BCUT2D eigenvalue weighted by Gasteiger charge is 2.35. The van der Waals surface area contributed by atoms with Gasteiger partial charge in [0, 0.05) is 42.2 Å². The van der Waals surface area contributed by atoms with Crippen LogP contribution in [0.15, 0.2) is 48.7 Å². The number of hydrogen-bond acceptors (Lipinski definition) is 5. The predicted octanol–water partition coefficient (Wildman–Crippen LogP) is 4.32. The van der Waals surface area contributed by atoms with Crippen LogP contribution in [0.4, 0.5) is 0 Å².